The minimum atomic E-state index is -0.174. The monoisotopic (exact) mass is 365 g/mol. The van der Waals surface area contributed by atoms with Crippen LogP contribution in [0.5, 0.6) is 5.75 Å². The van der Waals surface area contributed by atoms with E-state index in [9.17, 15) is 4.79 Å². The Bertz CT molecular complexity index is 665. The molecule has 2 fully saturated rings. The molecule has 4 rings (SSSR count). The molecule has 1 saturated carbocycles. The molecule has 2 heterocycles. The van der Waals surface area contributed by atoms with Crippen molar-refractivity contribution in [2.45, 2.75) is 57.3 Å². The van der Waals surface area contributed by atoms with E-state index >= 15 is 0 Å². The van der Waals surface area contributed by atoms with E-state index in [0.717, 1.165) is 29.7 Å². The second kappa shape index (κ2) is 7.14. The molecule has 1 saturated heterocycles. The largest absolute Gasteiger partial charge is 0.468 e. The molecule has 0 radical (unpaired) electrons. The minimum absolute atomic E-state index is 0.130. The van der Waals surface area contributed by atoms with Crippen molar-refractivity contribution in [1.82, 2.24) is 4.90 Å². The Morgan fingerprint density at radius 3 is 3.04 bits per heavy atom. The average molecular weight is 366 g/mol. The zero-order chi connectivity index (χ0) is 17.4. The summed E-state index contributed by atoms with van der Waals surface area (Å²) in [6, 6.07) is 4.11. The SMILES string of the molecule is COC(=O)[C@@H]1C[C@H]2CCCC[C@H]2N1Cc1cc(Cl)cc2c1OCOC2. The van der Waals surface area contributed by atoms with Gasteiger partial charge < -0.3 is 14.2 Å². The Hall–Kier alpha value is -1.30. The third-order valence-electron chi connectivity index (χ3n) is 5.80. The van der Waals surface area contributed by atoms with E-state index < -0.39 is 0 Å². The van der Waals surface area contributed by atoms with Crippen molar-refractivity contribution in [3.8, 4) is 5.75 Å². The van der Waals surface area contributed by atoms with Crippen LogP contribution >= 0.6 is 11.6 Å². The summed E-state index contributed by atoms with van der Waals surface area (Å²) in [5.74, 6) is 1.31. The third-order valence-corrected chi connectivity index (χ3v) is 6.02. The molecule has 0 spiro atoms. The van der Waals surface area contributed by atoms with Crippen molar-refractivity contribution < 1.29 is 19.0 Å². The fraction of sp³-hybridized carbons (Fsp3) is 0.632. The lowest BCUT2D eigenvalue weighted by Crippen LogP contribution is -2.42. The van der Waals surface area contributed by atoms with E-state index in [-0.39, 0.29) is 18.8 Å². The van der Waals surface area contributed by atoms with Gasteiger partial charge in [0, 0.05) is 28.7 Å². The molecule has 1 aromatic carbocycles. The molecule has 6 heteroatoms. The van der Waals surface area contributed by atoms with E-state index in [2.05, 4.69) is 4.90 Å². The number of carbonyl (C=O) groups is 1. The number of halogens is 1. The number of ether oxygens (including phenoxy) is 3. The lowest BCUT2D eigenvalue weighted by molar-refractivity contribution is -0.146. The maximum Gasteiger partial charge on any atom is 0.323 e. The van der Waals surface area contributed by atoms with Gasteiger partial charge in [0.25, 0.3) is 0 Å². The van der Waals surface area contributed by atoms with Crippen LogP contribution in [-0.4, -0.2) is 36.9 Å². The predicted octanol–water partition coefficient (Wildman–Crippen LogP) is 3.51. The molecule has 25 heavy (non-hydrogen) atoms. The molecule has 0 amide bonds. The van der Waals surface area contributed by atoms with Gasteiger partial charge in [-0.2, -0.15) is 0 Å². The molecule has 0 N–H and O–H groups in total. The molecule has 136 valence electrons. The molecule has 0 bridgehead atoms. The fourth-order valence-corrected chi connectivity index (χ4v) is 4.98. The third kappa shape index (κ3) is 3.25. The molecule has 1 aliphatic carbocycles. The van der Waals surface area contributed by atoms with Gasteiger partial charge in [-0.05, 0) is 37.3 Å². The van der Waals surface area contributed by atoms with Crippen molar-refractivity contribution in [2.24, 2.45) is 5.92 Å². The van der Waals surface area contributed by atoms with Gasteiger partial charge in [0.05, 0.1) is 13.7 Å². The zero-order valence-corrected chi connectivity index (χ0v) is 15.3. The maximum atomic E-state index is 12.4. The number of hydrogen-bond acceptors (Lipinski definition) is 5. The summed E-state index contributed by atoms with van der Waals surface area (Å²) in [5.41, 5.74) is 2.01. The smallest absolute Gasteiger partial charge is 0.323 e. The first-order valence-corrected chi connectivity index (χ1v) is 9.40. The van der Waals surface area contributed by atoms with E-state index in [1.165, 1.54) is 26.4 Å². The van der Waals surface area contributed by atoms with Crippen molar-refractivity contribution in [3.05, 3.63) is 28.3 Å². The minimum Gasteiger partial charge on any atom is -0.468 e. The van der Waals surface area contributed by atoms with E-state index in [1.807, 2.05) is 12.1 Å². The highest BCUT2D eigenvalue weighted by atomic mass is 35.5. The molecule has 5 nitrogen and oxygen atoms in total. The molecular formula is C19H24ClNO4. The normalized spacial score (nSPS) is 28.8. The first kappa shape index (κ1) is 17.1. The van der Waals surface area contributed by atoms with Crippen LogP contribution in [0, 0.1) is 5.92 Å². The van der Waals surface area contributed by atoms with Crippen molar-refractivity contribution in [3.63, 3.8) is 0 Å². The summed E-state index contributed by atoms with van der Waals surface area (Å²) in [4.78, 5) is 14.7. The Labute approximate surface area is 153 Å². The number of carbonyl (C=O) groups excluding carboxylic acids is 1. The Morgan fingerprint density at radius 2 is 2.20 bits per heavy atom. The number of fused-ring (bicyclic) bond motifs is 2. The number of esters is 1. The number of nitrogens with zero attached hydrogens (tertiary/aromatic N) is 1. The van der Waals surface area contributed by atoms with Crippen LogP contribution in [-0.2, 0) is 27.4 Å². The van der Waals surface area contributed by atoms with Gasteiger partial charge in [0.2, 0.25) is 0 Å². The highest BCUT2D eigenvalue weighted by molar-refractivity contribution is 6.30. The molecule has 0 aromatic heterocycles. The Morgan fingerprint density at radius 1 is 1.36 bits per heavy atom. The summed E-state index contributed by atoms with van der Waals surface area (Å²) in [6.45, 7) is 1.42. The van der Waals surface area contributed by atoms with Gasteiger partial charge in [0.1, 0.15) is 11.8 Å². The number of likely N-dealkylation sites (tertiary alicyclic amines) is 1. The summed E-state index contributed by atoms with van der Waals surface area (Å²) >= 11 is 6.31. The predicted molar refractivity (Wildman–Crippen MR) is 93.4 cm³/mol. The van der Waals surface area contributed by atoms with Crippen LogP contribution in [0.25, 0.3) is 0 Å². The first-order chi connectivity index (χ1) is 12.2. The molecular weight excluding hydrogens is 342 g/mol. The fourth-order valence-electron chi connectivity index (χ4n) is 4.72. The Balaban J connectivity index is 1.65. The van der Waals surface area contributed by atoms with Crippen LogP contribution in [0.2, 0.25) is 5.02 Å². The number of rotatable bonds is 3. The van der Waals surface area contributed by atoms with Crippen molar-refractivity contribution >= 4 is 17.6 Å². The molecule has 3 atom stereocenters. The van der Waals surface area contributed by atoms with E-state index in [0.29, 0.717) is 30.1 Å². The van der Waals surface area contributed by atoms with E-state index in [4.69, 9.17) is 25.8 Å². The number of benzene rings is 1. The Kier molecular flexibility index (Phi) is 4.89. The highest BCUT2D eigenvalue weighted by Crippen LogP contribution is 2.42. The highest BCUT2D eigenvalue weighted by Gasteiger charge is 2.45. The van der Waals surface area contributed by atoms with Crippen molar-refractivity contribution in [1.29, 1.82) is 0 Å². The molecule has 3 aliphatic rings. The average Bonchev–Trinajstić information content (AvgIpc) is 2.99. The van der Waals surface area contributed by atoms with E-state index in [1.54, 1.807) is 0 Å². The molecule has 1 aromatic rings. The lowest BCUT2D eigenvalue weighted by atomic mass is 9.84. The van der Waals surface area contributed by atoms with Crippen LogP contribution in [0.1, 0.15) is 43.2 Å². The maximum absolute atomic E-state index is 12.4. The van der Waals surface area contributed by atoms with Crippen LogP contribution in [0.15, 0.2) is 12.1 Å². The summed E-state index contributed by atoms with van der Waals surface area (Å²) in [5, 5.41) is 0.678. The quantitative estimate of drug-likeness (QED) is 0.767. The number of hydrogen-bond donors (Lipinski definition) is 0. The van der Waals surface area contributed by atoms with Gasteiger partial charge in [-0.3, -0.25) is 9.69 Å². The van der Waals surface area contributed by atoms with Gasteiger partial charge in [-0.1, -0.05) is 24.4 Å². The van der Waals surface area contributed by atoms with Crippen LogP contribution in [0.3, 0.4) is 0 Å². The van der Waals surface area contributed by atoms with Crippen LogP contribution < -0.4 is 4.74 Å². The summed E-state index contributed by atoms with van der Waals surface area (Å²) < 4.78 is 16.2. The molecule has 0 unspecified atom stereocenters. The lowest BCUT2D eigenvalue weighted by Gasteiger charge is -2.34. The van der Waals surface area contributed by atoms with Gasteiger partial charge in [0.15, 0.2) is 6.79 Å². The summed E-state index contributed by atoms with van der Waals surface area (Å²) in [7, 11) is 1.48. The first-order valence-electron chi connectivity index (χ1n) is 9.03. The number of methoxy groups -OCH3 is 1. The second-order valence-corrected chi connectivity index (χ2v) is 7.66. The topological polar surface area (TPSA) is 48.0 Å². The standard InChI is InChI=1S/C19H24ClNO4/c1-23-19(22)17-8-12-4-2-3-5-16(12)21(17)9-13-6-15(20)7-14-10-24-11-25-18(13)14/h6-7,12,16-17H,2-5,8-11H2,1H3/t12-,16-,17+/m1/s1. The van der Waals surface area contributed by atoms with Gasteiger partial charge in [-0.25, -0.2) is 0 Å². The van der Waals surface area contributed by atoms with Gasteiger partial charge >= 0.3 is 5.97 Å². The second-order valence-electron chi connectivity index (χ2n) is 7.22. The molecule has 2 aliphatic heterocycles. The van der Waals surface area contributed by atoms with Crippen molar-refractivity contribution in [2.75, 3.05) is 13.9 Å². The zero-order valence-electron chi connectivity index (χ0n) is 14.5. The summed E-state index contributed by atoms with van der Waals surface area (Å²) in [6.07, 6.45) is 5.72. The van der Waals surface area contributed by atoms with Crippen LogP contribution in [0.4, 0.5) is 0 Å². The van der Waals surface area contributed by atoms with Gasteiger partial charge in [-0.15, -0.1) is 0 Å².